The molecule has 26 heavy (non-hydrogen) atoms. The Morgan fingerprint density at radius 1 is 1.23 bits per heavy atom. The van der Waals surface area contributed by atoms with Crippen molar-refractivity contribution in [2.75, 3.05) is 7.11 Å². The Bertz CT molecular complexity index is 983. The molecule has 3 aromatic rings. The van der Waals surface area contributed by atoms with Gasteiger partial charge in [-0.3, -0.25) is 0 Å². The second-order valence-electron chi connectivity index (χ2n) is 5.29. The summed E-state index contributed by atoms with van der Waals surface area (Å²) in [7, 11) is 1.44. The second kappa shape index (κ2) is 7.59. The lowest BCUT2D eigenvalue weighted by molar-refractivity contribution is 0.0702. The van der Waals surface area contributed by atoms with Gasteiger partial charge in [0.2, 0.25) is 0 Å². The Balaban J connectivity index is 1.97. The van der Waals surface area contributed by atoms with Crippen LogP contribution in [0.25, 0.3) is 23.4 Å². The summed E-state index contributed by atoms with van der Waals surface area (Å²) in [5, 5.41) is 19.9. The van der Waals surface area contributed by atoms with Crippen molar-refractivity contribution in [2.45, 2.75) is 0 Å². The van der Waals surface area contributed by atoms with Crippen LogP contribution in [0.15, 0.2) is 42.5 Å². The van der Waals surface area contributed by atoms with Gasteiger partial charge in [-0.05, 0) is 23.8 Å². The molecule has 0 saturated heterocycles. The summed E-state index contributed by atoms with van der Waals surface area (Å²) < 4.78 is 5.07. The van der Waals surface area contributed by atoms with Gasteiger partial charge < -0.3 is 14.9 Å². The van der Waals surface area contributed by atoms with E-state index in [1.165, 1.54) is 7.11 Å². The fourth-order valence-electron chi connectivity index (χ4n) is 2.36. The van der Waals surface area contributed by atoms with Crippen LogP contribution in [0, 0.1) is 0 Å². The number of methoxy groups -OCH3 is 1. The molecule has 0 unspecified atom stereocenters. The Morgan fingerprint density at radius 3 is 2.62 bits per heavy atom. The van der Waals surface area contributed by atoms with E-state index >= 15 is 0 Å². The van der Waals surface area contributed by atoms with Crippen LogP contribution in [-0.2, 0) is 0 Å². The molecule has 0 radical (unpaired) electrons. The molecule has 0 saturated carbocycles. The number of hydrogen-bond acceptors (Lipinski definition) is 5. The normalized spacial score (nSPS) is 11.0. The molecule has 0 atom stereocenters. The van der Waals surface area contributed by atoms with E-state index in [0.29, 0.717) is 16.3 Å². The summed E-state index contributed by atoms with van der Waals surface area (Å²) in [6.07, 6.45) is 3.43. The quantitative estimate of drug-likeness (QED) is 0.640. The lowest BCUT2D eigenvalue weighted by Gasteiger charge is -2.06. The molecule has 2 N–H and O–H groups in total. The first-order chi connectivity index (χ1) is 12.5. The largest absolute Gasteiger partial charge is 0.503 e. The van der Waals surface area contributed by atoms with Gasteiger partial charge in [-0.1, -0.05) is 48.0 Å². The predicted molar refractivity (Wildman–Crippen MR) is 103 cm³/mol. The number of carbonyl (C=O) groups is 1. The molecular formula is C19H14ClNO4S. The first-order valence-electron chi connectivity index (χ1n) is 7.53. The number of rotatable bonds is 5. The minimum Gasteiger partial charge on any atom is -0.503 e. The van der Waals surface area contributed by atoms with Gasteiger partial charge in [0, 0.05) is 5.56 Å². The fraction of sp³-hybridized carbons (Fsp3) is 0.0526. The Kier molecular flexibility index (Phi) is 5.25. The predicted octanol–water partition coefficient (Wildman–Crippen LogP) is 5.05. The molecule has 0 spiro atoms. The smallest absolute Gasteiger partial charge is 0.348 e. The average molecular weight is 388 g/mol. The van der Waals surface area contributed by atoms with E-state index in [9.17, 15) is 15.0 Å². The van der Waals surface area contributed by atoms with Crippen LogP contribution in [0.2, 0.25) is 5.02 Å². The summed E-state index contributed by atoms with van der Waals surface area (Å²) in [5.74, 6) is -0.886. The van der Waals surface area contributed by atoms with E-state index in [4.69, 9.17) is 16.3 Å². The van der Waals surface area contributed by atoms with Crippen molar-refractivity contribution in [3.8, 4) is 22.8 Å². The summed E-state index contributed by atoms with van der Waals surface area (Å²) >= 11 is 7.06. The Hall–Kier alpha value is -2.83. The Morgan fingerprint density at radius 2 is 1.96 bits per heavy atom. The number of ether oxygens (including phenoxy) is 1. The van der Waals surface area contributed by atoms with Gasteiger partial charge in [-0.25, -0.2) is 9.78 Å². The van der Waals surface area contributed by atoms with Gasteiger partial charge in [0.05, 0.1) is 17.8 Å². The molecule has 0 bridgehead atoms. The number of hydrogen-bond donors (Lipinski definition) is 2. The summed E-state index contributed by atoms with van der Waals surface area (Å²) in [4.78, 5) is 16.1. The van der Waals surface area contributed by atoms with Crippen LogP contribution in [-0.4, -0.2) is 28.3 Å². The van der Waals surface area contributed by atoms with Crippen molar-refractivity contribution in [2.24, 2.45) is 0 Å². The highest BCUT2D eigenvalue weighted by atomic mass is 35.5. The number of aromatic nitrogens is 1. The van der Waals surface area contributed by atoms with Gasteiger partial charge in [0.25, 0.3) is 0 Å². The second-order valence-corrected chi connectivity index (χ2v) is 6.73. The minimum atomic E-state index is -1.02. The number of phenols is 1. The van der Waals surface area contributed by atoms with Gasteiger partial charge in [-0.15, -0.1) is 11.3 Å². The molecular weight excluding hydrogens is 374 g/mol. The number of phenolic OH excluding ortho intramolecular Hbond substituents is 1. The molecule has 0 aliphatic rings. The number of aromatic hydroxyl groups is 1. The van der Waals surface area contributed by atoms with E-state index in [1.807, 2.05) is 30.3 Å². The highest BCUT2D eigenvalue weighted by molar-refractivity contribution is 7.15. The van der Waals surface area contributed by atoms with Crippen molar-refractivity contribution in [3.63, 3.8) is 0 Å². The third kappa shape index (κ3) is 3.71. The third-order valence-corrected chi connectivity index (χ3v) is 4.87. The van der Waals surface area contributed by atoms with E-state index in [1.54, 1.807) is 24.3 Å². The Labute approximate surface area is 158 Å². The number of thiazole rings is 1. The number of halogens is 1. The topological polar surface area (TPSA) is 79.7 Å². The molecule has 5 nitrogen and oxygen atoms in total. The van der Waals surface area contributed by atoms with Gasteiger partial charge in [-0.2, -0.15) is 0 Å². The van der Waals surface area contributed by atoms with Crippen LogP contribution in [0.3, 0.4) is 0 Å². The molecule has 1 heterocycles. The maximum Gasteiger partial charge on any atom is 0.348 e. The molecule has 3 rings (SSSR count). The molecule has 0 aliphatic carbocycles. The molecule has 0 fully saturated rings. The number of nitrogens with zero attached hydrogens (tertiary/aromatic N) is 1. The zero-order chi connectivity index (χ0) is 18.7. The SMILES string of the molecule is COc1cc(/C=C/c2nc(-c3ccccc3)c(C(=O)O)s2)cc(Cl)c1O. The molecule has 0 aliphatic heterocycles. The minimum absolute atomic E-state index is 0.125. The summed E-state index contributed by atoms with van der Waals surface area (Å²) in [6.45, 7) is 0. The van der Waals surface area contributed by atoms with E-state index in [0.717, 1.165) is 16.9 Å². The first kappa shape index (κ1) is 18.0. The fourth-order valence-corrected chi connectivity index (χ4v) is 3.41. The standard InChI is InChI=1S/C19H14ClNO4S/c1-25-14-10-11(9-13(20)17(14)22)7-8-15-21-16(18(26-15)19(23)24)12-5-3-2-4-6-12/h2-10,22H,1H3,(H,23,24)/b8-7+. The zero-order valence-electron chi connectivity index (χ0n) is 13.6. The van der Waals surface area contributed by atoms with Crippen molar-refractivity contribution < 1.29 is 19.7 Å². The molecule has 7 heteroatoms. The van der Waals surface area contributed by atoms with Gasteiger partial charge in [0.1, 0.15) is 9.88 Å². The number of carboxylic acids is 1. The van der Waals surface area contributed by atoms with Crippen LogP contribution in [0.4, 0.5) is 0 Å². The lowest BCUT2D eigenvalue weighted by Crippen LogP contribution is -1.95. The van der Waals surface area contributed by atoms with Crippen molar-refractivity contribution in [3.05, 3.63) is 62.9 Å². The van der Waals surface area contributed by atoms with Crippen LogP contribution in [0.5, 0.6) is 11.5 Å². The van der Waals surface area contributed by atoms with Crippen LogP contribution in [0.1, 0.15) is 20.2 Å². The molecule has 0 amide bonds. The monoisotopic (exact) mass is 387 g/mol. The first-order valence-corrected chi connectivity index (χ1v) is 8.73. The van der Waals surface area contributed by atoms with E-state index < -0.39 is 5.97 Å². The van der Waals surface area contributed by atoms with Crippen molar-refractivity contribution in [1.82, 2.24) is 4.98 Å². The molecule has 132 valence electrons. The highest BCUT2D eigenvalue weighted by Gasteiger charge is 2.17. The van der Waals surface area contributed by atoms with E-state index in [-0.39, 0.29) is 21.4 Å². The van der Waals surface area contributed by atoms with Crippen molar-refractivity contribution in [1.29, 1.82) is 0 Å². The summed E-state index contributed by atoms with van der Waals surface area (Å²) in [6, 6.07) is 12.4. The number of carboxylic acid groups (broad SMARTS) is 1. The number of benzene rings is 2. The van der Waals surface area contributed by atoms with Gasteiger partial charge >= 0.3 is 5.97 Å². The summed E-state index contributed by atoms with van der Waals surface area (Å²) in [5.41, 5.74) is 1.87. The molecule has 2 aromatic carbocycles. The zero-order valence-corrected chi connectivity index (χ0v) is 15.2. The van der Waals surface area contributed by atoms with Crippen LogP contribution < -0.4 is 4.74 Å². The van der Waals surface area contributed by atoms with Crippen LogP contribution >= 0.6 is 22.9 Å². The highest BCUT2D eigenvalue weighted by Crippen LogP contribution is 2.36. The number of aromatic carboxylic acids is 1. The lowest BCUT2D eigenvalue weighted by atomic mass is 10.1. The maximum atomic E-state index is 11.5. The van der Waals surface area contributed by atoms with Crippen molar-refractivity contribution >= 4 is 41.1 Å². The molecule has 1 aromatic heterocycles. The maximum absolute atomic E-state index is 11.5. The van der Waals surface area contributed by atoms with Gasteiger partial charge in [0.15, 0.2) is 11.5 Å². The van der Waals surface area contributed by atoms with E-state index in [2.05, 4.69) is 4.98 Å². The average Bonchev–Trinajstić information content (AvgIpc) is 3.08. The third-order valence-electron chi connectivity index (χ3n) is 3.57.